The summed E-state index contributed by atoms with van der Waals surface area (Å²) in [5.74, 6) is -1.30. The first-order valence-electron chi connectivity index (χ1n) is 5.45. The lowest BCUT2D eigenvalue weighted by Crippen LogP contribution is -2.33. The van der Waals surface area contributed by atoms with E-state index in [0.29, 0.717) is 0 Å². The Morgan fingerprint density at radius 2 is 1.75 bits per heavy atom. The van der Waals surface area contributed by atoms with Gasteiger partial charge in [0.05, 0.1) is 9.79 Å². The molecule has 9 heteroatoms. The molecule has 0 fully saturated rings. The van der Waals surface area contributed by atoms with Crippen molar-refractivity contribution in [2.45, 2.75) is 22.3 Å². The first kappa shape index (κ1) is 16.6. The molecule has 0 radical (unpaired) electrons. The van der Waals surface area contributed by atoms with E-state index in [1.165, 1.54) is 18.2 Å². The van der Waals surface area contributed by atoms with Crippen LogP contribution in [0.1, 0.15) is 5.56 Å². The van der Waals surface area contributed by atoms with Gasteiger partial charge in [0.2, 0.25) is 0 Å². The van der Waals surface area contributed by atoms with E-state index in [1.807, 2.05) is 0 Å². The number of carboxylic acids is 1. The highest BCUT2D eigenvalue weighted by Crippen LogP contribution is 2.25. The lowest BCUT2D eigenvalue weighted by molar-refractivity contribution is -0.138. The topological polar surface area (TPSA) is 132 Å². The third-order valence-electron chi connectivity index (χ3n) is 2.59. The van der Waals surface area contributed by atoms with Gasteiger partial charge in [-0.1, -0.05) is 12.1 Å². The summed E-state index contributed by atoms with van der Waals surface area (Å²) in [6.45, 7) is 0. The lowest BCUT2D eigenvalue weighted by Gasteiger charge is -2.14. The van der Waals surface area contributed by atoms with Crippen molar-refractivity contribution in [3.05, 3.63) is 23.8 Å². The quantitative estimate of drug-likeness (QED) is 0.743. The highest BCUT2D eigenvalue weighted by atomic mass is 32.2. The fraction of sp³-hybridized carbons (Fsp3) is 0.364. The van der Waals surface area contributed by atoms with Crippen molar-refractivity contribution in [2.24, 2.45) is 5.73 Å². The molecule has 0 heterocycles. The molecule has 0 aliphatic rings. The second-order valence-electron chi connectivity index (χ2n) is 4.44. The van der Waals surface area contributed by atoms with E-state index in [0.717, 1.165) is 12.5 Å². The van der Waals surface area contributed by atoms with Gasteiger partial charge in [0.15, 0.2) is 19.7 Å². The van der Waals surface area contributed by atoms with Crippen molar-refractivity contribution in [3.63, 3.8) is 0 Å². The number of aliphatic carboxylic acids is 1. The normalized spacial score (nSPS) is 13.9. The second kappa shape index (κ2) is 5.51. The zero-order valence-electron chi connectivity index (χ0n) is 10.9. The first-order chi connectivity index (χ1) is 8.94. The number of nitrogens with two attached hydrogens (primary N) is 1. The summed E-state index contributed by atoms with van der Waals surface area (Å²) < 4.78 is 47.0. The molecule has 1 atom stereocenters. The maximum Gasteiger partial charge on any atom is 0.320 e. The van der Waals surface area contributed by atoms with Crippen molar-refractivity contribution in [1.29, 1.82) is 0 Å². The average Bonchev–Trinajstić information content (AvgIpc) is 2.25. The standard InChI is InChI=1S/C11H15NO6S2/c1-19(15,16)9-5-3-4-7(6-8(12)11(13)14)10(9)20(2,17)18/h3-5,8H,6,12H2,1-2H3,(H,13,14). The zero-order chi connectivity index (χ0) is 15.7. The highest BCUT2D eigenvalue weighted by Gasteiger charge is 2.25. The Hall–Kier alpha value is -1.45. The summed E-state index contributed by atoms with van der Waals surface area (Å²) in [5.41, 5.74) is 5.45. The van der Waals surface area contributed by atoms with Crippen LogP contribution in [0.2, 0.25) is 0 Å². The summed E-state index contributed by atoms with van der Waals surface area (Å²) in [6.07, 6.45) is 1.48. The number of benzene rings is 1. The molecule has 0 bridgehead atoms. The molecule has 112 valence electrons. The molecule has 1 unspecified atom stereocenters. The molecular formula is C11H15NO6S2. The summed E-state index contributed by atoms with van der Waals surface area (Å²) in [6, 6.07) is 2.56. The summed E-state index contributed by atoms with van der Waals surface area (Å²) in [4.78, 5) is 10.0. The minimum absolute atomic E-state index is 0.0744. The summed E-state index contributed by atoms with van der Waals surface area (Å²) >= 11 is 0. The molecule has 1 aromatic rings. The molecule has 0 aliphatic heterocycles. The minimum atomic E-state index is -3.85. The molecule has 1 aromatic carbocycles. The van der Waals surface area contributed by atoms with Crippen molar-refractivity contribution < 1.29 is 26.7 Å². The van der Waals surface area contributed by atoms with Gasteiger partial charge in [0, 0.05) is 12.5 Å². The summed E-state index contributed by atoms with van der Waals surface area (Å²) in [7, 11) is -7.61. The number of carbonyl (C=O) groups is 1. The van der Waals surface area contributed by atoms with Crippen LogP contribution in [-0.4, -0.2) is 46.5 Å². The second-order valence-corrected chi connectivity index (χ2v) is 8.37. The molecule has 1 rings (SSSR count). The minimum Gasteiger partial charge on any atom is -0.480 e. The van der Waals surface area contributed by atoms with Crippen LogP contribution in [0.25, 0.3) is 0 Å². The largest absolute Gasteiger partial charge is 0.480 e. The Bertz CT molecular complexity index is 736. The van der Waals surface area contributed by atoms with Crippen LogP contribution in [0, 0.1) is 0 Å². The van der Waals surface area contributed by atoms with Gasteiger partial charge >= 0.3 is 5.97 Å². The van der Waals surface area contributed by atoms with E-state index in [9.17, 15) is 21.6 Å². The van der Waals surface area contributed by atoms with Gasteiger partial charge < -0.3 is 10.8 Å². The fourth-order valence-corrected chi connectivity index (χ4v) is 4.52. The van der Waals surface area contributed by atoms with Crippen molar-refractivity contribution in [1.82, 2.24) is 0 Å². The van der Waals surface area contributed by atoms with Crippen molar-refractivity contribution in [2.75, 3.05) is 12.5 Å². The number of carboxylic acid groups (broad SMARTS) is 1. The molecule has 3 N–H and O–H groups in total. The van der Waals surface area contributed by atoms with Crippen molar-refractivity contribution in [3.8, 4) is 0 Å². The van der Waals surface area contributed by atoms with Crippen LogP contribution in [0.15, 0.2) is 28.0 Å². The third-order valence-corrected chi connectivity index (χ3v) is 5.08. The van der Waals surface area contributed by atoms with Gasteiger partial charge in [-0.3, -0.25) is 4.79 Å². The molecule has 7 nitrogen and oxygen atoms in total. The Morgan fingerprint density at radius 3 is 2.15 bits per heavy atom. The first-order valence-corrected chi connectivity index (χ1v) is 9.23. The van der Waals surface area contributed by atoms with Gasteiger partial charge in [-0.2, -0.15) is 0 Å². The van der Waals surface area contributed by atoms with Gasteiger partial charge in [0.25, 0.3) is 0 Å². The van der Waals surface area contributed by atoms with E-state index in [-0.39, 0.29) is 21.8 Å². The van der Waals surface area contributed by atoms with E-state index in [1.54, 1.807) is 0 Å². The molecule has 0 aromatic heterocycles. The van der Waals surface area contributed by atoms with E-state index in [2.05, 4.69) is 0 Å². The zero-order valence-corrected chi connectivity index (χ0v) is 12.5. The van der Waals surface area contributed by atoms with Gasteiger partial charge in [0.1, 0.15) is 6.04 Å². The van der Waals surface area contributed by atoms with Gasteiger partial charge in [-0.05, 0) is 18.1 Å². The molecular weight excluding hydrogens is 306 g/mol. The number of sulfone groups is 2. The third kappa shape index (κ3) is 3.78. The molecule has 0 spiro atoms. The van der Waals surface area contributed by atoms with E-state index in [4.69, 9.17) is 10.8 Å². The highest BCUT2D eigenvalue weighted by molar-refractivity contribution is 7.93. The monoisotopic (exact) mass is 321 g/mol. The van der Waals surface area contributed by atoms with Gasteiger partial charge in [-0.15, -0.1) is 0 Å². The molecule has 0 amide bonds. The van der Waals surface area contributed by atoms with Crippen LogP contribution >= 0.6 is 0 Å². The lowest BCUT2D eigenvalue weighted by atomic mass is 10.1. The SMILES string of the molecule is CS(=O)(=O)c1cccc(CC(N)C(=O)O)c1S(C)(=O)=O. The predicted octanol–water partition coefficient (Wildman–Crippen LogP) is -0.552. The maximum absolute atomic E-state index is 11.8. The summed E-state index contributed by atoms with van der Waals surface area (Å²) in [5, 5.41) is 8.77. The predicted molar refractivity (Wildman–Crippen MR) is 72.0 cm³/mol. The Morgan fingerprint density at radius 1 is 1.20 bits per heavy atom. The van der Waals surface area contributed by atoms with Crippen LogP contribution in [-0.2, 0) is 30.9 Å². The van der Waals surface area contributed by atoms with E-state index < -0.39 is 31.7 Å². The van der Waals surface area contributed by atoms with E-state index >= 15 is 0 Å². The number of hydrogen-bond donors (Lipinski definition) is 2. The van der Waals surface area contributed by atoms with Crippen LogP contribution in [0.4, 0.5) is 0 Å². The molecule has 0 saturated carbocycles. The Labute approximate surface area is 117 Å². The molecule has 0 aliphatic carbocycles. The average molecular weight is 321 g/mol. The number of rotatable bonds is 5. The van der Waals surface area contributed by atoms with Crippen molar-refractivity contribution >= 4 is 25.6 Å². The van der Waals surface area contributed by atoms with Crippen LogP contribution in [0.5, 0.6) is 0 Å². The maximum atomic E-state index is 11.8. The molecule has 20 heavy (non-hydrogen) atoms. The van der Waals surface area contributed by atoms with Crippen LogP contribution in [0.3, 0.4) is 0 Å². The van der Waals surface area contributed by atoms with Gasteiger partial charge in [-0.25, -0.2) is 16.8 Å². The Kier molecular flexibility index (Phi) is 4.57. The van der Waals surface area contributed by atoms with Crippen LogP contribution < -0.4 is 5.73 Å². The Balaban J connectivity index is 3.59. The fourth-order valence-electron chi connectivity index (χ4n) is 1.76. The smallest absolute Gasteiger partial charge is 0.320 e. The molecule has 0 saturated heterocycles. The number of hydrogen-bond acceptors (Lipinski definition) is 6.